The molecule has 0 bridgehead atoms. The molecule has 1 aliphatic carbocycles. The van der Waals surface area contributed by atoms with Crippen molar-refractivity contribution in [3.63, 3.8) is 0 Å². The lowest BCUT2D eigenvalue weighted by atomic mass is 9.67. The highest BCUT2D eigenvalue weighted by Gasteiger charge is 2.46. The molecule has 310 valence electrons. The Labute approximate surface area is 398 Å². The summed E-state index contributed by atoms with van der Waals surface area (Å²) >= 11 is 0. The predicted molar refractivity (Wildman–Crippen MR) is 278 cm³/mol. The minimum atomic E-state index is -0.887. The molecule has 0 aromatic heterocycles. The first kappa shape index (κ1) is 31.3. The molecule has 0 unspecified atom stereocenters. The fourth-order valence-electron chi connectivity index (χ4n) is 9.89. The van der Waals surface area contributed by atoms with E-state index in [0.29, 0.717) is 16.8 Å². The minimum Gasteiger partial charge on any atom is -0.310 e. The van der Waals surface area contributed by atoms with Crippen molar-refractivity contribution in [2.45, 2.75) is 5.41 Å². The summed E-state index contributed by atoms with van der Waals surface area (Å²) in [5.74, 6) is 0. The molecular weight excluding hydrogens is 795 g/mol. The average molecular weight is 848 g/mol. The molecule has 0 saturated heterocycles. The van der Waals surface area contributed by atoms with Gasteiger partial charge in [0.15, 0.2) is 0 Å². The van der Waals surface area contributed by atoms with Crippen LogP contribution >= 0.6 is 0 Å². The van der Waals surface area contributed by atoms with E-state index in [1.54, 1.807) is 0 Å². The summed E-state index contributed by atoms with van der Waals surface area (Å²) in [4.78, 5) is 1.47. The van der Waals surface area contributed by atoms with Crippen molar-refractivity contribution in [3.05, 3.63) is 295 Å². The number of nitrogens with zero attached hydrogens (tertiary/aromatic N) is 1. The van der Waals surface area contributed by atoms with Crippen molar-refractivity contribution in [3.8, 4) is 55.6 Å². The van der Waals surface area contributed by atoms with Crippen LogP contribution in [0.5, 0.6) is 0 Å². The van der Waals surface area contributed by atoms with Gasteiger partial charge in [-0.3, -0.25) is 0 Å². The van der Waals surface area contributed by atoms with Crippen LogP contribution in [0, 0.1) is 0 Å². The first-order chi connectivity index (χ1) is 36.1. The smallest absolute Gasteiger partial charge is 0.0714 e. The molecule has 0 amide bonds. The van der Waals surface area contributed by atoms with Crippen molar-refractivity contribution in [2.75, 3.05) is 4.90 Å². The third-order valence-corrected chi connectivity index (χ3v) is 12.9. The Hall–Kier alpha value is -8.52. The van der Waals surface area contributed by atoms with E-state index in [1.165, 1.54) is 4.90 Å². The lowest BCUT2D eigenvalue weighted by Gasteiger charge is -2.35. The van der Waals surface area contributed by atoms with Gasteiger partial charge in [0.2, 0.25) is 0 Å². The largest absolute Gasteiger partial charge is 0.310 e. The maximum Gasteiger partial charge on any atom is 0.0714 e. The Morgan fingerprint density at radius 1 is 0.318 bits per heavy atom. The number of rotatable bonds is 9. The van der Waals surface area contributed by atoms with Gasteiger partial charge in [-0.2, -0.15) is 0 Å². The standard InChI is InChI=1S/C65H45N/c1-5-19-46(20-6-1)51-41-52(47-21-7-2-8-22-47)43-53(42-51)48-35-37-56(38-36-48)66(57-30-17-25-50(44-57)60-33-18-24-49-23-13-14-31-59(49)60)58-39-40-62-61-32-15-16-34-63(61)65(64(62)45-58,54-26-9-3-10-27-54)55-28-11-4-12-29-55/h1-45H/i17D,25D,30D,35D,36D,37D,38D,44D. The lowest BCUT2D eigenvalue weighted by Crippen LogP contribution is -2.28. The molecule has 66 heavy (non-hydrogen) atoms. The van der Waals surface area contributed by atoms with Crippen LogP contribution in [-0.4, -0.2) is 0 Å². The number of anilines is 3. The second-order valence-corrected chi connectivity index (χ2v) is 16.6. The van der Waals surface area contributed by atoms with Gasteiger partial charge >= 0.3 is 0 Å². The normalized spacial score (nSPS) is 14.1. The SMILES string of the molecule is [2H]c1c([2H])c(-c2cccc3ccccc23)c([2H])c(N(c2ccc3c(c2)C(c2ccccc2)(c2ccccc2)c2ccccc2-3)c2c([2H])c([2H])c(-c3cc(-c4ccccc4)cc(-c4ccccc4)c3)c([2H])c2[2H])c1[2H]. The van der Waals surface area contributed by atoms with Crippen molar-refractivity contribution < 1.29 is 11.0 Å². The first-order valence-corrected chi connectivity index (χ1v) is 22.2. The zero-order chi connectivity index (χ0) is 50.8. The summed E-state index contributed by atoms with van der Waals surface area (Å²) in [5.41, 5.74) is 9.68. The van der Waals surface area contributed by atoms with Crippen LogP contribution in [0.25, 0.3) is 66.4 Å². The summed E-state index contributed by atoms with van der Waals surface area (Å²) in [5, 5.41) is 1.61. The Morgan fingerprint density at radius 3 is 1.52 bits per heavy atom. The molecule has 11 aromatic carbocycles. The highest BCUT2D eigenvalue weighted by molar-refractivity contribution is 5.98. The van der Waals surface area contributed by atoms with Crippen LogP contribution in [0.15, 0.2) is 273 Å². The first-order valence-electron chi connectivity index (χ1n) is 26.2. The lowest BCUT2D eigenvalue weighted by molar-refractivity contribution is 0.768. The fourth-order valence-corrected chi connectivity index (χ4v) is 9.89. The van der Waals surface area contributed by atoms with Crippen LogP contribution in [0.1, 0.15) is 33.2 Å². The van der Waals surface area contributed by atoms with E-state index < -0.39 is 29.6 Å². The monoisotopic (exact) mass is 847 g/mol. The van der Waals surface area contributed by atoms with E-state index in [-0.39, 0.29) is 46.7 Å². The van der Waals surface area contributed by atoms with Crippen LogP contribution in [0.4, 0.5) is 17.1 Å². The molecule has 0 N–H and O–H groups in total. The number of benzene rings is 11. The molecule has 0 radical (unpaired) electrons. The molecule has 0 fully saturated rings. The zero-order valence-corrected chi connectivity index (χ0v) is 35.8. The molecule has 0 heterocycles. The summed E-state index contributed by atoms with van der Waals surface area (Å²) < 4.78 is 79.0. The predicted octanol–water partition coefficient (Wildman–Crippen LogP) is 17.3. The molecule has 1 aliphatic rings. The van der Waals surface area contributed by atoms with E-state index in [2.05, 4.69) is 42.5 Å². The van der Waals surface area contributed by atoms with Crippen molar-refractivity contribution in [1.82, 2.24) is 0 Å². The Kier molecular flexibility index (Phi) is 7.86. The molecule has 0 aliphatic heterocycles. The minimum absolute atomic E-state index is 0.0894. The van der Waals surface area contributed by atoms with Crippen molar-refractivity contribution in [2.24, 2.45) is 0 Å². The van der Waals surface area contributed by atoms with Gasteiger partial charge in [0.25, 0.3) is 0 Å². The summed E-state index contributed by atoms with van der Waals surface area (Å²) in [6.07, 6.45) is 0. The third-order valence-electron chi connectivity index (χ3n) is 12.9. The Morgan fingerprint density at radius 2 is 0.848 bits per heavy atom. The van der Waals surface area contributed by atoms with E-state index >= 15 is 0 Å². The average Bonchev–Trinajstić information content (AvgIpc) is 3.79. The summed E-state index contributed by atoms with van der Waals surface area (Å²) in [7, 11) is 0. The Bertz CT molecular complexity index is 3860. The number of hydrogen-bond acceptors (Lipinski definition) is 1. The molecule has 0 saturated carbocycles. The zero-order valence-electron chi connectivity index (χ0n) is 43.8. The van der Waals surface area contributed by atoms with Gasteiger partial charge in [0.05, 0.1) is 16.4 Å². The van der Waals surface area contributed by atoms with Gasteiger partial charge in [-0.05, 0) is 143 Å². The molecule has 1 heteroatoms. The third kappa shape index (κ3) is 6.73. The van der Waals surface area contributed by atoms with E-state index in [1.807, 2.05) is 182 Å². The van der Waals surface area contributed by atoms with E-state index in [9.17, 15) is 11.0 Å². The Balaban J connectivity index is 1.17. The van der Waals surface area contributed by atoms with Crippen molar-refractivity contribution in [1.29, 1.82) is 0 Å². The molecule has 11 aromatic rings. The van der Waals surface area contributed by atoms with Crippen LogP contribution in [-0.2, 0) is 5.41 Å². The number of hydrogen-bond donors (Lipinski definition) is 0. The van der Waals surface area contributed by atoms with Gasteiger partial charge in [0.1, 0.15) is 0 Å². The van der Waals surface area contributed by atoms with Crippen LogP contribution in [0.2, 0.25) is 0 Å². The summed E-state index contributed by atoms with van der Waals surface area (Å²) in [6, 6.07) is 70.5. The van der Waals surface area contributed by atoms with E-state index in [4.69, 9.17) is 0 Å². The van der Waals surface area contributed by atoms with Crippen LogP contribution < -0.4 is 4.90 Å². The molecule has 12 rings (SSSR count). The highest BCUT2D eigenvalue weighted by atomic mass is 15.1. The number of fused-ring (bicyclic) bond motifs is 4. The van der Waals surface area contributed by atoms with Crippen molar-refractivity contribution >= 4 is 27.8 Å². The maximum absolute atomic E-state index is 10.2. The van der Waals surface area contributed by atoms with Crippen LogP contribution in [0.3, 0.4) is 0 Å². The van der Waals surface area contributed by atoms with Gasteiger partial charge in [-0.25, -0.2) is 0 Å². The molecule has 1 nitrogen and oxygen atoms in total. The van der Waals surface area contributed by atoms with E-state index in [0.717, 1.165) is 66.4 Å². The topological polar surface area (TPSA) is 3.24 Å². The fraction of sp³-hybridized carbons (Fsp3) is 0.0154. The molecular formula is C65H45N. The van der Waals surface area contributed by atoms with Gasteiger partial charge < -0.3 is 4.90 Å². The summed E-state index contributed by atoms with van der Waals surface area (Å²) in [6.45, 7) is 0. The second-order valence-electron chi connectivity index (χ2n) is 16.6. The quantitative estimate of drug-likeness (QED) is 0.140. The van der Waals surface area contributed by atoms with Gasteiger partial charge in [0, 0.05) is 17.1 Å². The van der Waals surface area contributed by atoms with Gasteiger partial charge in [-0.15, -0.1) is 0 Å². The maximum atomic E-state index is 10.2. The van der Waals surface area contributed by atoms with Gasteiger partial charge in [-0.1, -0.05) is 218 Å². The molecule has 0 atom stereocenters. The highest BCUT2D eigenvalue weighted by Crippen LogP contribution is 2.57. The second kappa shape index (κ2) is 16.6. The molecule has 0 spiro atoms.